The maximum absolute atomic E-state index is 13.1. The van der Waals surface area contributed by atoms with Crippen molar-refractivity contribution in [2.45, 2.75) is 49.0 Å². The number of aliphatic hydroxyl groups excluding tert-OH is 2. The van der Waals surface area contributed by atoms with E-state index in [0.717, 1.165) is 11.8 Å². The van der Waals surface area contributed by atoms with Crippen LogP contribution in [0.25, 0.3) is 0 Å². The molecule has 0 radical (unpaired) electrons. The average Bonchev–Trinajstić information content (AvgIpc) is 2.83. The third-order valence-electron chi connectivity index (χ3n) is 3.44. The Balaban J connectivity index is 2.20. The number of hydrogen-bond acceptors (Lipinski definition) is 7. The number of aliphatic hydroxyl groups is 2. The summed E-state index contributed by atoms with van der Waals surface area (Å²) in [4.78, 5) is 5.86. The highest BCUT2D eigenvalue weighted by atomic mass is 32.2. The highest BCUT2D eigenvalue weighted by Gasteiger charge is 2.57. The zero-order chi connectivity index (χ0) is 16.7. The standard InChI is InChI=1S/C12H19F3N2O4S/c1-4-20-9(12(13,14)15)8-7(19)6(18)5-10(21-8)22-11(16-5)17(2)3/h5-10,18-19H,4H2,1-3H3/t5-,6-,7+,8?,9-,10-/m1/s1. The maximum Gasteiger partial charge on any atom is 0.417 e. The molecule has 2 N–H and O–H groups in total. The molecule has 6 nitrogen and oxygen atoms in total. The molecule has 2 heterocycles. The van der Waals surface area contributed by atoms with E-state index < -0.39 is 42.1 Å². The zero-order valence-corrected chi connectivity index (χ0v) is 13.1. The van der Waals surface area contributed by atoms with Crippen LogP contribution in [-0.4, -0.2) is 83.1 Å². The molecular weight excluding hydrogens is 325 g/mol. The molecule has 0 aromatic carbocycles. The van der Waals surface area contributed by atoms with Gasteiger partial charge in [-0.1, -0.05) is 11.8 Å². The van der Waals surface area contributed by atoms with E-state index in [4.69, 9.17) is 9.47 Å². The molecule has 2 rings (SSSR count). The monoisotopic (exact) mass is 344 g/mol. The van der Waals surface area contributed by atoms with Gasteiger partial charge in [-0.05, 0) is 6.92 Å². The number of rotatable bonds is 3. The molecule has 0 aromatic rings. The lowest BCUT2D eigenvalue weighted by molar-refractivity contribution is -0.283. The Morgan fingerprint density at radius 2 is 2.00 bits per heavy atom. The Morgan fingerprint density at radius 1 is 1.36 bits per heavy atom. The van der Waals surface area contributed by atoms with Crippen LogP contribution >= 0.6 is 11.8 Å². The SMILES string of the molecule is CCO[C@H](C1O[C@@H]2SC(N(C)C)=N[C@@H]2[C@@H](O)[C@@H]1O)C(F)(F)F. The van der Waals surface area contributed by atoms with Crippen molar-refractivity contribution >= 4 is 16.9 Å². The van der Waals surface area contributed by atoms with E-state index in [9.17, 15) is 23.4 Å². The van der Waals surface area contributed by atoms with Crippen LogP contribution in [0.2, 0.25) is 0 Å². The van der Waals surface area contributed by atoms with Crippen molar-refractivity contribution in [3.8, 4) is 0 Å². The van der Waals surface area contributed by atoms with Gasteiger partial charge in [0.1, 0.15) is 29.8 Å². The fourth-order valence-electron chi connectivity index (χ4n) is 2.40. The number of hydrogen-bond donors (Lipinski definition) is 2. The summed E-state index contributed by atoms with van der Waals surface area (Å²) in [5.74, 6) is 0. The van der Waals surface area contributed by atoms with Crippen molar-refractivity contribution in [2.75, 3.05) is 20.7 Å². The third-order valence-corrected chi connectivity index (χ3v) is 4.74. The molecule has 1 unspecified atom stereocenters. The Morgan fingerprint density at radius 3 is 2.50 bits per heavy atom. The lowest BCUT2D eigenvalue weighted by Crippen LogP contribution is -2.61. The van der Waals surface area contributed by atoms with Crippen LogP contribution in [0.1, 0.15) is 6.92 Å². The quantitative estimate of drug-likeness (QED) is 0.774. The van der Waals surface area contributed by atoms with Gasteiger partial charge in [-0.3, -0.25) is 4.99 Å². The van der Waals surface area contributed by atoms with Gasteiger partial charge in [0.05, 0.1) is 0 Å². The third kappa shape index (κ3) is 3.35. The van der Waals surface area contributed by atoms with Crippen LogP contribution in [0, 0.1) is 0 Å². The molecule has 128 valence electrons. The second-order valence-corrected chi connectivity index (χ2v) is 6.35. The van der Waals surface area contributed by atoms with Gasteiger partial charge in [-0.15, -0.1) is 0 Å². The molecule has 0 bridgehead atoms. The van der Waals surface area contributed by atoms with Gasteiger partial charge in [0, 0.05) is 20.7 Å². The van der Waals surface area contributed by atoms with Gasteiger partial charge in [0.15, 0.2) is 11.3 Å². The molecule has 0 saturated carbocycles. The lowest BCUT2D eigenvalue weighted by Gasteiger charge is -2.41. The smallest absolute Gasteiger partial charge is 0.388 e. The number of thioether (sulfide) groups is 1. The molecule has 0 aromatic heterocycles. The first-order valence-electron chi connectivity index (χ1n) is 6.78. The molecule has 10 heteroatoms. The minimum absolute atomic E-state index is 0.187. The topological polar surface area (TPSA) is 74.5 Å². The zero-order valence-electron chi connectivity index (χ0n) is 12.3. The molecule has 2 aliphatic rings. The van der Waals surface area contributed by atoms with Crippen molar-refractivity contribution in [1.29, 1.82) is 0 Å². The summed E-state index contributed by atoms with van der Waals surface area (Å²) in [6.07, 6.45) is -11.9. The lowest BCUT2D eigenvalue weighted by atomic mass is 9.94. The molecule has 2 aliphatic heterocycles. The van der Waals surface area contributed by atoms with E-state index in [0.29, 0.717) is 5.17 Å². The van der Waals surface area contributed by atoms with Crippen LogP contribution in [0.3, 0.4) is 0 Å². The highest BCUT2D eigenvalue weighted by Crippen LogP contribution is 2.40. The van der Waals surface area contributed by atoms with Crippen LogP contribution in [0.15, 0.2) is 4.99 Å². The Bertz CT molecular complexity index is 435. The first kappa shape index (κ1) is 17.8. The summed E-state index contributed by atoms with van der Waals surface area (Å²) >= 11 is 1.12. The number of halogens is 3. The molecular formula is C12H19F3N2O4S. The van der Waals surface area contributed by atoms with E-state index in [1.165, 1.54) is 6.92 Å². The molecule has 22 heavy (non-hydrogen) atoms. The van der Waals surface area contributed by atoms with Gasteiger partial charge in [0.25, 0.3) is 0 Å². The van der Waals surface area contributed by atoms with Gasteiger partial charge < -0.3 is 24.6 Å². The second kappa shape index (κ2) is 6.52. The van der Waals surface area contributed by atoms with Crippen molar-refractivity contribution in [1.82, 2.24) is 4.90 Å². The number of fused-ring (bicyclic) bond motifs is 1. The first-order valence-corrected chi connectivity index (χ1v) is 7.66. The molecule has 1 saturated heterocycles. The van der Waals surface area contributed by atoms with Gasteiger partial charge in [-0.2, -0.15) is 13.2 Å². The molecule has 0 amide bonds. The number of nitrogens with zero attached hydrogens (tertiary/aromatic N) is 2. The van der Waals surface area contributed by atoms with Crippen LogP contribution in [-0.2, 0) is 9.47 Å². The van der Waals surface area contributed by atoms with Gasteiger partial charge in [0.2, 0.25) is 0 Å². The number of alkyl halides is 3. The first-order chi connectivity index (χ1) is 10.2. The van der Waals surface area contributed by atoms with Crippen molar-refractivity contribution in [3.63, 3.8) is 0 Å². The molecule has 0 aliphatic carbocycles. The van der Waals surface area contributed by atoms with Crippen LogP contribution in [0.5, 0.6) is 0 Å². The van der Waals surface area contributed by atoms with Crippen molar-refractivity contribution in [2.24, 2.45) is 4.99 Å². The van der Waals surface area contributed by atoms with E-state index >= 15 is 0 Å². The minimum Gasteiger partial charge on any atom is -0.388 e. The Hall–Kier alpha value is -0.550. The van der Waals surface area contributed by atoms with Crippen LogP contribution < -0.4 is 0 Å². The number of amidine groups is 1. The average molecular weight is 344 g/mol. The summed E-state index contributed by atoms with van der Waals surface area (Å²) in [6.45, 7) is 1.23. The van der Waals surface area contributed by atoms with Gasteiger partial charge in [-0.25, -0.2) is 0 Å². The maximum atomic E-state index is 13.1. The predicted octanol–water partition coefficient (Wildman–Crippen LogP) is 0.433. The van der Waals surface area contributed by atoms with E-state index in [1.54, 1.807) is 19.0 Å². The molecule has 0 spiro atoms. The van der Waals surface area contributed by atoms with E-state index in [2.05, 4.69) is 4.99 Å². The van der Waals surface area contributed by atoms with Gasteiger partial charge >= 0.3 is 6.18 Å². The van der Waals surface area contributed by atoms with E-state index in [1.807, 2.05) is 0 Å². The second-order valence-electron chi connectivity index (χ2n) is 5.28. The van der Waals surface area contributed by atoms with Crippen LogP contribution in [0.4, 0.5) is 13.2 Å². The minimum atomic E-state index is -4.71. The fourth-order valence-corrected chi connectivity index (χ4v) is 3.54. The Labute approximate surface area is 130 Å². The molecule has 1 fully saturated rings. The fraction of sp³-hybridized carbons (Fsp3) is 0.917. The Kier molecular flexibility index (Phi) is 5.27. The highest BCUT2D eigenvalue weighted by molar-refractivity contribution is 8.14. The number of ether oxygens (including phenoxy) is 2. The largest absolute Gasteiger partial charge is 0.417 e. The van der Waals surface area contributed by atoms with Crippen molar-refractivity contribution < 1.29 is 32.9 Å². The van der Waals surface area contributed by atoms with E-state index in [-0.39, 0.29) is 6.61 Å². The summed E-state index contributed by atoms with van der Waals surface area (Å²) in [5.41, 5.74) is -0.786. The summed E-state index contributed by atoms with van der Waals surface area (Å²) in [7, 11) is 3.45. The summed E-state index contributed by atoms with van der Waals surface area (Å²) < 4.78 is 49.4. The summed E-state index contributed by atoms with van der Waals surface area (Å²) in [5, 5.41) is 20.7. The van der Waals surface area contributed by atoms with Crippen molar-refractivity contribution in [3.05, 3.63) is 0 Å². The number of aliphatic imine (C=N–C) groups is 1. The summed E-state index contributed by atoms with van der Waals surface area (Å²) in [6, 6.07) is -0.802. The predicted molar refractivity (Wildman–Crippen MR) is 74.6 cm³/mol. The molecule has 6 atom stereocenters. The normalized spacial score (nSPS) is 36.7.